The number of pyridine rings is 1. The fraction of sp³-hybridized carbons (Fsp3) is 0.233. The number of anilines is 1. The molecule has 1 amide bonds. The first kappa shape index (κ1) is 25.5. The van der Waals surface area contributed by atoms with Crippen molar-refractivity contribution in [2.45, 2.75) is 32.4 Å². The van der Waals surface area contributed by atoms with Gasteiger partial charge >= 0.3 is 0 Å². The van der Waals surface area contributed by atoms with Gasteiger partial charge in [-0.15, -0.1) is 0 Å². The molecule has 1 aliphatic rings. The van der Waals surface area contributed by atoms with Crippen molar-refractivity contribution in [1.82, 2.24) is 15.2 Å². The van der Waals surface area contributed by atoms with E-state index in [0.717, 1.165) is 39.8 Å². The Balaban J connectivity index is 1.38. The van der Waals surface area contributed by atoms with Crippen molar-refractivity contribution in [3.8, 4) is 17.1 Å². The summed E-state index contributed by atoms with van der Waals surface area (Å²) in [5.74, 6) is 2.24. The summed E-state index contributed by atoms with van der Waals surface area (Å²) in [6.07, 6.45) is 2.04. The van der Waals surface area contributed by atoms with Gasteiger partial charge in [-0.05, 0) is 92.3 Å². The zero-order valence-electron chi connectivity index (χ0n) is 21.4. The minimum atomic E-state index is -0.263. The van der Waals surface area contributed by atoms with E-state index in [-0.39, 0.29) is 24.4 Å². The van der Waals surface area contributed by atoms with E-state index in [1.54, 1.807) is 6.20 Å². The van der Waals surface area contributed by atoms with Crippen LogP contribution in [-0.2, 0) is 4.79 Å². The molecule has 8 heteroatoms. The number of hydrogen-bond donors (Lipinski definition) is 2. The first-order valence-electron chi connectivity index (χ1n) is 12.7. The van der Waals surface area contributed by atoms with Crippen molar-refractivity contribution in [3.05, 3.63) is 102 Å². The van der Waals surface area contributed by atoms with Crippen LogP contribution in [0.2, 0.25) is 0 Å². The van der Waals surface area contributed by atoms with Gasteiger partial charge in [0.2, 0.25) is 5.91 Å². The van der Waals surface area contributed by atoms with Crippen LogP contribution in [0, 0.1) is 6.92 Å². The molecular weight excluding hydrogens is 496 g/mol. The minimum Gasteiger partial charge on any atom is -0.494 e. The summed E-state index contributed by atoms with van der Waals surface area (Å²) in [7, 11) is 0. The minimum absolute atomic E-state index is 0.0760. The molecule has 0 aliphatic carbocycles. The molecule has 2 aromatic carbocycles. The van der Waals surface area contributed by atoms with Crippen LogP contribution >= 0.6 is 12.2 Å². The van der Waals surface area contributed by atoms with Crippen molar-refractivity contribution in [2.24, 2.45) is 0 Å². The maximum absolute atomic E-state index is 12.8. The predicted octanol–water partition coefficient (Wildman–Crippen LogP) is 6.05. The van der Waals surface area contributed by atoms with Crippen LogP contribution in [0.15, 0.2) is 89.5 Å². The number of nitrogens with zero attached hydrogens (tertiary/aromatic N) is 2. The Kier molecular flexibility index (Phi) is 7.70. The lowest BCUT2D eigenvalue weighted by atomic mass is 10.0. The SMILES string of the molecule is CCOc1ccc(-c2ccc(C3C(c4ccccn4)NC(=S)N3CCC(=O)Nc3cccc(C)c3)o2)cc1. The quantitative estimate of drug-likeness (QED) is 0.257. The van der Waals surface area contributed by atoms with Crippen LogP contribution in [-0.4, -0.2) is 34.1 Å². The van der Waals surface area contributed by atoms with E-state index in [2.05, 4.69) is 15.6 Å². The van der Waals surface area contributed by atoms with Crippen LogP contribution in [0.3, 0.4) is 0 Å². The highest BCUT2D eigenvalue weighted by Gasteiger charge is 2.41. The first-order valence-corrected chi connectivity index (χ1v) is 13.1. The second-order valence-corrected chi connectivity index (χ2v) is 9.53. The van der Waals surface area contributed by atoms with Crippen molar-refractivity contribution < 1.29 is 13.9 Å². The molecule has 3 heterocycles. The van der Waals surface area contributed by atoms with Crippen LogP contribution in [0.25, 0.3) is 11.3 Å². The molecule has 194 valence electrons. The monoisotopic (exact) mass is 526 g/mol. The number of aromatic nitrogens is 1. The zero-order valence-corrected chi connectivity index (χ0v) is 22.2. The summed E-state index contributed by atoms with van der Waals surface area (Å²) >= 11 is 5.73. The summed E-state index contributed by atoms with van der Waals surface area (Å²) in [5, 5.41) is 6.95. The Morgan fingerprint density at radius 3 is 2.68 bits per heavy atom. The standard InChI is InChI=1S/C30H30N4O3S/c1-3-36-23-12-10-21(11-13-23)25-14-15-26(37-25)29-28(24-9-4-5-17-31-24)33-30(38)34(29)18-16-27(35)32-22-8-6-7-20(2)19-22/h4-15,17,19,28-29H,3,16,18H2,1-2H3,(H,32,35)(H,33,38). The summed E-state index contributed by atoms with van der Waals surface area (Å²) < 4.78 is 12.0. The number of rotatable bonds is 9. The van der Waals surface area contributed by atoms with Gasteiger partial charge in [0.05, 0.1) is 18.3 Å². The van der Waals surface area contributed by atoms with Gasteiger partial charge in [-0.1, -0.05) is 18.2 Å². The number of aryl methyl sites for hydroxylation is 1. The van der Waals surface area contributed by atoms with E-state index >= 15 is 0 Å². The normalized spacial score (nSPS) is 16.8. The van der Waals surface area contributed by atoms with Gasteiger partial charge in [-0.3, -0.25) is 9.78 Å². The molecule has 5 rings (SSSR count). The summed E-state index contributed by atoms with van der Waals surface area (Å²) in [6.45, 7) is 5.00. The third kappa shape index (κ3) is 5.70. The molecule has 7 nitrogen and oxygen atoms in total. The van der Waals surface area contributed by atoms with Crippen LogP contribution < -0.4 is 15.4 Å². The number of ether oxygens (including phenoxy) is 1. The largest absolute Gasteiger partial charge is 0.494 e. The maximum atomic E-state index is 12.8. The fourth-order valence-electron chi connectivity index (χ4n) is 4.67. The predicted molar refractivity (Wildman–Crippen MR) is 152 cm³/mol. The molecule has 1 aliphatic heterocycles. The van der Waals surface area contributed by atoms with Gasteiger partial charge in [0, 0.05) is 30.4 Å². The van der Waals surface area contributed by atoms with E-state index in [1.807, 2.05) is 97.6 Å². The Labute approximate surface area is 227 Å². The molecule has 1 saturated heterocycles. The van der Waals surface area contributed by atoms with Crippen molar-refractivity contribution in [1.29, 1.82) is 0 Å². The topological polar surface area (TPSA) is 79.6 Å². The second-order valence-electron chi connectivity index (χ2n) is 9.15. The third-order valence-electron chi connectivity index (χ3n) is 6.45. The van der Waals surface area contributed by atoms with Crippen molar-refractivity contribution >= 4 is 28.9 Å². The molecule has 1 fully saturated rings. The Bertz CT molecular complexity index is 1400. The van der Waals surface area contributed by atoms with E-state index in [0.29, 0.717) is 18.3 Å². The summed E-state index contributed by atoms with van der Waals surface area (Å²) in [6, 6.07) is 24.9. The molecule has 0 radical (unpaired) electrons. The number of benzene rings is 2. The maximum Gasteiger partial charge on any atom is 0.226 e. The van der Waals surface area contributed by atoms with E-state index in [1.165, 1.54) is 0 Å². The fourth-order valence-corrected chi connectivity index (χ4v) is 5.00. The summed E-state index contributed by atoms with van der Waals surface area (Å²) in [4.78, 5) is 19.4. The highest BCUT2D eigenvalue weighted by atomic mass is 32.1. The highest BCUT2D eigenvalue weighted by molar-refractivity contribution is 7.80. The molecule has 0 spiro atoms. The number of hydrogen-bond acceptors (Lipinski definition) is 5. The number of carbonyl (C=O) groups is 1. The van der Waals surface area contributed by atoms with Crippen molar-refractivity contribution in [2.75, 3.05) is 18.5 Å². The van der Waals surface area contributed by atoms with Crippen molar-refractivity contribution in [3.63, 3.8) is 0 Å². The molecule has 2 unspecified atom stereocenters. The highest BCUT2D eigenvalue weighted by Crippen LogP contribution is 2.40. The zero-order chi connectivity index (χ0) is 26.5. The van der Waals surface area contributed by atoms with Crippen LogP contribution in [0.4, 0.5) is 5.69 Å². The van der Waals surface area contributed by atoms with E-state index in [4.69, 9.17) is 21.4 Å². The number of thiocarbonyl (C=S) groups is 1. The average molecular weight is 527 g/mol. The Morgan fingerprint density at radius 1 is 1.11 bits per heavy atom. The second kappa shape index (κ2) is 11.5. The molecule has 0 bridgehead atoms. The smallest absolute Gasteiger partial charge is 0.226 e. The molecule has 2 atom stereocenters. The lowest BCUT2D eigenvalue weighted by Gasteiger charge is -2.25. The van der Waals surface area contributed by atoms with Gasteiger partial charge in [0.1, 0.15) is 23.3 Å². The van der Waals surface area contributed by atoms with E-state index in [9.17, 15) is 4.79 Å². The Hall–Kier alpha value is -4.17. The molecule has 0 saturated carbocycles. The number of nitrogens with one attached hydrogen (secondary N) is 2. The number of amides is 1. The molecule has 2 aromatic heterocycles. The molecule has 38 heavy (non-hydrogen) atoms. The first-order chi connectivity index (χ1) is 18.5. The molecule has 2 N–H and O–H groups in total. The van der Waals surface area contributed by atoms with E-state index < -0.39 is 0 Å². The molecular formula is C30H30N4O3S. The van der Waals surface area contributed by atoms with Gasteiger partial charge in [0.15, 0.2) is 5.11 Å². The van der Waals surface area contributed by atoms with Crippen LogP contribution in [0.1, 0.15) is 42.4 Å². The lowest BCUT2D eigenvalue weighted by molar-refractivity contribution is -0.116. The van der Waals surface area contributed by atoms with Gasteiger partial charge in [-0.2, -0.15) is 0 Å². The van der Waals surface area contributed by atoms with Gasteiger partial charge in [0.25, 0.3) is 0 Å². The van der Waals surface area contributed by atoms with Gasteiger partial charge < -0.3 is 24.7 Å². The molecule has 4 aromatic rings. The lowest BCUT2D eigenvalue weighted by Crippen LogP contribution is -2.32. The number of furan rings is 1. The third-order valence-corrected chi connectivity index (χ3v) is 6.80. The number of carbonyl (C=O) groups excluding carboxylic acids is 1. The average Bonchev–Trinajstić information content (AvgIpc) is 3.53. The summed E-state index contributed by atoms with van der Waals surface area (Å²) in [5.41, 5.74) is 3.68. The van der Waals surface area contributed by atoms with Gasteiger partial charge in [-0.25, -0.2) is 0 Å². The Morgan fingerprint density at radius 2 is 1.95 bits per heavy atom. The van der Waals surface area contributed by atoms with Crippen LogP contribution in [0.5, 0.6) is 5.75 Å².